The Morgan fingerprint density at radius 1 is 1.06 bits per heavy atom. The van der Waals surface area contributed by atoms with Crippen LogP contribution in [-0.2, 0) is 19.8 Å². The second-order valence-electron chi connectivity index (χ2n) is 9.49. The van der Waals surface area contributed by atoms with E-state index >= 15 is 0 Å². The number of hydrogen-bond acceptors (Lipinski definition) is 6. The second kappa shape index (κ2) is 8.97. The summed E-state index contributed by atoms with van der Waals surface area (Å²) >= 11 is 1.40. The number of likely N-dealkylation sites (tertiary alicyclic amines) is 1. The van der Waals surface area contributed by atoms with E-state index in [0.717, 1.165) is 10.7 Å². The fraction of sp³-hybridized carbons (Fsp3) is 0.522. The summed E-state index contributed by atoms with van der Waals surface area (Å²) in [4.78, 5) is 41.6. The number of aromatic nitrogens is 2. The molecule has 1 atom stereocenters. The van der Waals surface area contributed by atoms with Crippen LogP contribution in [0.4, 0.5) is 10.8 Å². The number of carbonyl (C=O) groups is 3. The third-order valence-electron chi connectivity index (χ3n) is 6.02. The second-order valence-corrected chi connectivity index (χ2v) is 10.5. The Bertz CT molecular complexity index is 993. The monoisotopic (exact) mass is 455 g/mol. The van der Waals surface area contributed by atoms with Gasteiger partial charge in [-0.1, -0.05) is 50.3 Å². The number of benzene rings is 1. The maximum Gasteiger partial charge on any atom is 0.229 e. The minimum absolute atomic E-state index is 0.00887. The van der Waals surface area contributed by atoms with Crippen molar-refractivity contribution in [1.29, 1.82) is 0 Å². The normalized spacial score (nSPS) is 20.0. The molecule has 2 aliphatic heterocycles. The van der Waals surface area contributed by atoms with Gasteiger partial charge in [0, 0.05) is 43.1 Å². The van der Waals surface area contributed by atoms with Gasteiger partial charge in [0.05, 0.1) is 5.92 Å². The van der Waals surface area contributed by atoms with Gasteiger partial charge in [-0.05, 0) is 25.0 Å². The van der Waals surface area contributed by atoms with Gasteiger partial charge in [-0.15, -0.1) is 10.2 Å². The molecule has 1 aromatic heterocycles. The predicted molar refractivity (Wildman–Crippen MR) is 123 cm³/mol. The molecular weight excluding hydrogens is 426 g/mol. The van der Waals surface area contributed by atoms with Gasteiger partial charge in [-0.25, -0.2) is 0 Å². The van der Waals surface area contributed by atoms with Crippen molar-refractivity contribution in [1.82, 2.24) is 15.1 Å². The Labute approximate surface area is 192 Å². The molecule has 2 fully saturated rings. The molecule has 4 rings (SSSR count). The van der Waals surface area contributed by atoms with Crippen LogP contribution in [0, 0.1) is 11.8 Å². The van der Waals surface area contributed by atoms with Crippen LogP contribution in [0.2, 0.25) is 0 Å². The first-order valence-corrected chi connectivity index (χ1v) is 11.8. The summed E-state index contributed by atoms with van der Waals surface area (Å²) in [6, 6.07) is 9.45. The first kappa shape index (κ1) is 22.4. The maximum atomic E-state index is 13.0. The topological polar surface area (TPSA) is 95.5 Å². The Morgan fingerprint density at radius 2 is 1.75 bits per heavy atom. The van der Waals surface area contributed by atoms with E-state index in [0.29, 0.717) is 37.6 Å². The SMILES string of the molecule is CC(C)(C)c1nnc(NC(=O)C2CCN(C(=O)C3CC(=O)N(c4ccccc4)C3)CC2)s1. The standard InChI is InChI=1S/C23H29N5O3S/c1-23(2,3)21-25-26-22(32-21)24-19(30)15-9-11-27(12-10-15)20(31)16-13-18(29)28(14-16)17-7-5-4-6-8-17/h4-8,15-16H,9-14H2,1-3H3,(H,24,26,30). The van der Waals surface area contributed by atoms with Crippen LogP contribution in [0.25, 0.3) is 0 Å². The summed E-state index contributed by atoms with van der Waals surface area (Å²) in [6.07, 6.45) is 1.44. The average Bonchev–Trinajstić information content (AvgIpc) is 3.41. The van der Waals surface area contributed by atoms with Gasteiger partial charge in [0.25, 0.3) is 0 Å². The van der Waals surface area contributed by atoms with Gasteiger partial charge < -0.3 is 15.1 Å². The van der Waals surface area contributed by atoms with Gasteiger partial charge >= 0.3 is 0 Å². The van der Waals surface area contributed by atoms with Crippen LogP contribution in [0.5, 0.6) is 0 Å². The summed E-state index contributed by atoms with van der Waals surface area (Å²) in [6.45, 7) is 7.64. The lowest BCUT2D eigenvalue weighted by molar-refractivity contribution is -0.138. The summed E-state index contributed by atoms with van der Waals surface area (Å²) in [5.41, 5.74) is 0.721. The van der Waals surface area contributed by atoms with Crippen LogP contribution in [-0.4, -0.2) is 52.5 Å². The van der Waals surface area contributed by atoms with Crippen molar-refractivity contribution in [2.24, 2.45) is 11.8 Å². The van der Waals surface area contributed by atoms with Crippen LogP contribution >= 0.6 is 11.3 Å². The zero-order valence-corrected chi connectivity index (χ0v) is 19.5. The maximum absolute atomic E-state index is 13.0. The summed E-state index contributed by atoms with van der Waals surface area (Å²) in [5, 5.41) is 12.5. The first-order valence-electron chi connectivity index (χ1n) is 11.0. The average molecular weight is 456 g/mol. The molecule has 2 aliphatic rings. The summed E-state index contributed by atoms with van der Waals surface area (Å²) in [5.74, 6) is -0.567. The zero-order chi connectivity index (χ0) is 22.9. The molecule has 0 spiro atoms. The van der Waals surface area contributed by atoms with Crippen molar-refractivity contribution in [3.8, 4) is 0 Å². The number of anilines is 2. The number of hydrogen-bond donors (Lipinski definition) is 1. The van der Waals surface area contributed by atoms with Crippen LogP contribution in [0.1, 0.15) is 45.0 Å². The van der Waals surface area contributed by atoms with Gasteiger partial charge in [-0.2, -0.15) is 0 Å². The molecule has 1 aromatic carbocycles. The lowest BCUT2D eigenvalue weighted by Gasteiger charge is -2.32. The van der Waals surface area contributed by atoms with Crippen molar-refractivity contribution < 1.29 is 14.4 Å². The minimum atomic E-state index is -0.328. The molecule has 32 heavy (non-hydrogen) atoms. The van der Waals surface area contributed by atoms with Gasteiger partial charge in [-0.3, -0.25) is 14.4 Å². The lowest BCUT2D eigenvalue weighted by atomic mass is 9.94. The smallest absolute Gasteiger partial charge is 0.229 e. The third-order valence-corrected chi connectivity index (χ3v) is 7.28. The number of carbonyl (C=O) groups excluding carboxylic acids is 3. The fourth-order valence-corrected chi connectivity index (χ4v) is 4.94. The Morgan fingerprint density at radius 3 is 2.38 bits per heavy atom. The van der Waals surface area contributed by atoms with Gasteiger partial charge in [0.1, 0.15) is 5.01 Å². The zero-order valence-electron chi connectivity index (χ0n) is 18.7. The molecule has 9 heteroatoms. The van der Waals surface area contributed by atoms with Crippen molar-refractivity contribution in [2.75, 3.05) is 29.9 Å². The Hall–Kier alpha value is -2.81. The number of piperidine rings is 1. The minimum Gasteiger partial charge on any atom is -0.342 e. The highest BCUT2D eigenvalue weighted by molar-refractivity contribution is 7.15. The van der Waals surface area contributed by atoms with E-state index in [1.54, 1.807) is 9.80 Å². The molecule has 0 saturated carbocycles. The van der Waals surface area contributed by atoms with E-state index in [2.05, 4.69) is 36.3 Å². The Kier molecular flexibility index (Phi) is 6.28. The molecule has 8 nitrogen and oxygen atoms in total. The van der Waals surface area contributed by atoms with Crippen LogP contribution < -0.4 is 10.2 Å². The molecule has 1 N–H and O–H groups in total. The highest BCUT2D eigenvalue weighted by Crippen LogP contribution is 2.30. The number of rotatable bonds is 4. The molecule has 0 radical (unpaired) electrons. The highest BCUT2D eigenvalue weighted by Gasteiger charge is 2.38. The Balaban J connectivity index is 1.29. The van der Waals surface area contributed by atoms with Crippen molar-refractivity contribution in [2.45, 2.75) is 45.4 Å². The largest absolute Gasteiger partial charge is 0.342 e. The predicted octanol–water partition coefficient (Wildman–Crippen LogP) is 3.07. The van der Waals surface area contributed by atoms with Crippen molar-refractivity contribution in [3.05, 3.63) is 35.3 Å². The van der Waals surface area contributed by atoms with Crippen molar-refractivity contribution >= 4 is 39.9 Å². The lowest BCUT2D eigenvalue weighted by Crippen LogP contribution is -2.44. The van der Waals surface area contributed by atoms with Gasteiger partial charge in [0.2, 0.25) is 22.9 Å². The van der Waals surface area contributed by atoms with E-state index in [1.807, 2.05) is 30.3 Å². The number of nitrogens with zero attached hydrogens (tertiary/aromatic N) is 4. The van der Waals surface area contributed by atoms with Gasteiger partial charge in [0.15, 0.2) is 0 Å². The highest BCUT2D eigenvalue weighted by atomic mass is 32.1. The van der Waals surface area contributed by atoms with Crippen LogP contribution in [0.15, 0.2) is 30.3 Å². The van der Waals surface area contributed by atoms with E-state index < -0.39 is 0 Å². The van der Waals surface area contributed by atoms with E-state index in [-0.39, 0.29) is 41.4 Å². The summed E-state index contributed by atoms with van der Waals surface area (Å²) in [7, 11) is 0. The molecule has 2 saturated heterocycles. The molecule has 170 valence electrons. The number of nitrogens with one attached hydrogen (secondary N) is 1. The fourth-order valence-electron chi connectivity index (χ4n) is 4.14. The molecule has 0 aliphatic carbocycles. The molecule has 1 unspecified atom stereocenters. The van der Waals surface area contributed by atoms with E-state index in [1.165, 1.54) is 11.3 Å². The van der Waals surface area contributed by atoms with E-state index in [4.69, 9.17) is 0 Å². The molecule has 3 amide bonds. The first-order chi connectivity index (χ1) is 15.2. The molecule has 2 aromatic rings. The van der Waals surface area contributed by atoms with E-state index in [9.17, 15) is 14.4 Å². The summed E-state index contributed by atoms with van der Waals surface area (Å²) < 4.78 is 0. The quantitative estimate of drug-likeness (QED) is 0.764. The number of para-hydroxylation sites is 1. The molecular formula is C23H29N5O3S. The van der Waals surface area contributed by atoms with Crippen LogP contribution in [0.3, 0.4) is 0 Å². The number of amides is 3. The third kappa shape index (κ3) is 4.82. The molecule has 0 bridgehead atoms. The van der Waals surface area contributed by atoms with Crippen molar-refractivity contribution in [3.63, 3.8) is 0 Å². The molecule has 3 heterocycles.